The number of hydrogen-bond donors (Lipinski definition) is 0. The third-order valence-electron chi connectivity index (χ3n) is 4.38. The first kappa shape index (κ1) is 17.9. The van der Waals surface area contributed by atoms with E-state index in [1.807, 2.05) is 31.2 Å². The van der Waals surface area contributed by atoms with Crippen molar-refractivity contribution in [1.82, 2.24) is 0 Å². The number of esters is 1. The topological polar surface area (TPSA) is 44.8 Å². The normalized spacial score (nSPS) is 10.4. The Hall–Kier alpha value is -2.49. The van der Waals surface area contributed by atoms with Crippen LogP contribution in [0.3, 0.4) is 0 Å². The van der Waals surface area contributed by atoms with Crippen LogP contribution in [0.5, 0.6) is 11.5 Å². The zero-order valence-corrected chi connectivity index (χ0v) is 15.1. The van der Waals surface area contributed by atoms with Crippen LogP contribution in [-0.2, 0) is 11.2 Å². The van der Waals surface area contributed by atoms with Gasteiger partial charge in [-0.2, -0.15) is 0 Å². The molecule has 2 aromatic rings. The molecule has 0 amide bonds. The van der Waals surface area contributed by atoms with Gasteiger partial charge < -0.3 is 14.2 Å². The highest BCUT2D eigenvalue weighted by Gasteiger charge is 2.22. The lowest BCUT2D eigenvalue weighted by Crippen LogP contribution is -2.10. The van der Waals surface area contributed by atoms with Crippen LogP contribution in [0.4, 0.5) is 0 Å². The van der Waals surface area contributed by atoms with Gasteiger partial charge in [-0.05, 0) is 49.1 Å². The summed E-state index contributed by atoms with van der Waals surface area (Å²) in [5.74, 6) is 1.02. The van der Waals surface area contributed by atoms with E-state index in [2.05, 4.69) is 13.8 Å². The lowest BCUT2D eigenvalue weighted by atomic mass is 9.88. The summed E-state index contributed by atoms with van der Waals surface area (Å²) >= 11 is 0. The second-order valence-corrected chi connectivity index (χ2v) is 5.63. The molecule has 0 heterocycles. The van der Waals surface area contributed by atoms with E-state index in [4.69, 9.17) is 14.2 Å². The summed E-state index contributed by atoms with van der Waals surface area (Å²) < 4.78 is 15.8. The zero-order chi connectivity index (χ0) is 17.9. The molecular formula is C20H24O4. The second-order valence-electron chi connectivity index (χ2n) is 5.63. The minimum absolute atomic E-state index is 0.338. The minimum Gasteiger partial charge on any atom is -0.497 e. The van der Waals surface area contributed by atoms with Gasteiger partial charge in [-0.25, -0.2) is 4.79 Å². The molecule has 24 heavy (non-hydrogen) atoms. The van der Waals surface area contributed by atoms with Crippen molar-refractivity contribution in [1.29, 1.82) is 0 Å². The molecule has 0 aromatic heterocycles. The van der Waals surface area contributed by atoms with Crippen molar-refractivity contribution >= 4 is 5.97 Å². The summed E-state index contributed by atoms with van der Waals surface area (Å²) in [5.41, 5.74) is 5.52. The molecule has 0 bridgehead atoms. The fraction of sp³-hybridized carbons (Fsp3) is 0.350. The molecule has 0 aliphatic rings. The van der Waals surface area contributed by atoms with E-state index in [-0.39, 0.29) is 5.97 Å². The van der Waals surface area contributed by atoms with Gasteiger partial charge in [0.2, 0.25) is 0 Å². The first-order valence-corrected chi connectivity index (χ1v) is 7.92. The molecule has 0 unspecified atom stereocenters. The molecule has 0 N–H and O–H groups in total. The Morgan fingerprint density at radius 2 is 1.71 bits per heavy atom. The van der Waals surface area contributed by atoms with Crippen molar-refractivity contribution in [3.05, 3.63) is 46.5 Å². The molecule has 0 atom stereocenters. The van der Waals surface area contributed by atoms with Crippen LogP contribution < -0.4 is 9.47 Å². The Balaban J connectivity index is 2.81. The smallest absolute Gasteiger partial charge is 0.338 e. The Morgan fingerprint density at radius 1 is 1.00 bits per heavy atom. The molecule has 0 aliphatic carbocycles. The fourth-order valence-electron chi connectivity index (χ4n) is 3.17. The van der Waals surface area contributed by atoms with E-state index in [1.165, 1.54) is 12.7 Å². The summed E-state index contributed by atoms with van der Waals surface area (Å²) in [6.45, 7) is 6.12. The summed E-state index contributed by atoms with van der Waals surface area (Å²) in [6, 6.07) is 7.61. The molecule has 0 radical (unpaired) electrons. The average molecular weight is 328 g/mol. The van der Waals surface area contributed by atoms with Gasteiger partial charge in [-0.3, -0.25) is 0 Å². The lowest BCUT2D eigenvalue weighted by Gasteiger charge is -2.19. The van der Waals surface area contributed by atoms with Crippen LogP contribution in [-0.4, -0.2) is 27.3 Å². The molecule has 128 valence electrons. The van der Waals surface area contributed by atoms with E-state index >= 15 is 0 Å². The van der Waals surface area contributed by atoms with E-state index in [9.17, 15) is 4.79 Å². The number of hydrogen-bond acceptors (Lipinski definition) is 4. The number of benzene rings is 2. The first-order valence-electron chi connectivity index (χ1n) is 7.92. The van der Waals surface area contributed by atoms with Crippen molar-refractivity contribution in [3.63, 3.8) is 0 Å². The lowest BCUT2D eigenvalue weighted by molar-refractivity contribution is 0.0600. The standard InChI is InChI=1S/C20H24O4/c1-7-15-12(2)10-17(19(13(15)3)20(21)24-6)16-9-8-14(22-4)11-18(16)23-5/h8-11H,7H2,1-6H3. The van der Waals surface area contributed by atoms with E-state index < -0.39 is 0 Å². The molecule has 0 saturated carbocycles. The molecule has 2 rings (SSSR count). The van der Waals surface area contributed by atoms with Gasteiger partial charge in [0.05, 0.1) is 26.9 Å². The third-order valence-corrected chi connectivity index (χ3v) is 4.38. The Labute approximate surface area is 143 Å². The van der Waals surface area contributed by atoms with Gasteiger partial charge in [0.1, 0.15) is 11.5 Å². The molecule has 4 heteroatoms. The highest BCUT2D eigenvalue weighted by Crippen LogP contribution is 2.38. The van der Waals surface area contributed by atoms with Crippen LogP contribution in [0.2, 0.25) is 0 Å². The van der Waals surface area contributed by atoms with Gasteiger partial charge >= 0.3 is 5.97 Å². The third kappa shape index (κ3) is 3.09. The van der Waals surface area contributed by atoms with Crippen LogP contribution in [0.15, 0.2) is 24.3 Å². The molecule has 0 aliphatic heterocycles. The molecule has 4 nitrogen and oxygen atoms in total. The molecule has 2 aromatic carbocycles. The highest BCUT2D eigenvalue weighted by molar-refractivity contribution is 6.00. The van der Waals surface area contributed by atoms with Crippen molar-refractivity contribution in [2.75, 3.05) is 21.3 Å². The van der Waals surface area contributed by atoms with E-state index in [0.717, 1.165) is 28.7 Å². The van der Waals surface area contributed by atoms with Crippen molar-refractivity contribution in [2.45, 2.75) is 27.2 Å². The maximum atomic E-state index is 12.4. The van der Waals surface area contributed by atoms with Crippen LogP contribution in [0.25, 0.3) is 11.1 Å². The predicted octanol–water partition coefficient (Wildman–Crippen LogP) is 4.34. The molecule has 0 saturated heterocycles. The molecular weight excluding hydrogens is 304 g/mol. The van der Waals surface area contributed by atoms with Crippen molar-refractivity contribution < 1.29 is 19.0 Å². The fourth-order valence-corrected chi connectivity index (χ4v) is 3.17. The summed E-state index contributed by atoms with van der Waals surface area (Å²) in [7, 11) is 4.62. The Kier molecular flexibility index (Phi) is 5.50. The number of carbonyl (C=O) groups excluding carboxylic acids is 1. The Bertz CT molecular complexity index is 763. The maximum Gasteiger partial charge on any atom is 0.338 e. The SMILES string of the molecule is CCc1c(C)cc(-c2ccc(OC)cc2OC)c(C(=O)OC)c1C. The van der Waals surface area contributed by atoms with Crippen LogP contribution >= 0.6 is 0 Å². The number of aryl methyl sites for hydroxylation is 1. The quantitative estimate of drug-likeness (QED) is 0.766. The number of ether oxygens (including phenoxy) is 3. The summed E-state index contributed by atoms with van der Waals surface area (Å²) in [6.07, 6.45) is 0.863. The van der Waals surface area contributed by atoms with Crippen molar-refractivity contribution in [3.8, 4) is 22.6 Å². The first-order chi connectivity index (χ1) is 11.5. The van der Waals surface area contributed by atoms with Crippen LogP contribution in [0, 0.1) is 13.8 Å². The van der Waals surface area contributed by atoms with Gasteiger partial charge in [-0.1, -0.05) is 13.0 Å². The number of methoxy groups -OCH3 is 3. The Morgan fingerprint density at radius 3 is 2.25 bits per heavy atom. The highest BCUT2D eigenvalue weighted by atomic mass is 16.5. The molecule has 0 fully saturated rings. The van der Waals surface area contributed by atoms with Gasteiger partial charge in [0.15, 0.2) is 0 Å². The largest absolute Gasteiger partial charge is 0.497 e. The van der Waals surface area contributed by atoms with Gasteiger partial charge in [0.25, 0.3) is 0 Å². The minimum atomic E-state index is -0.338. The van der Waals surface area contributed by atoms with Gasteiger partial charge in [-0.15, -0.1) is 0 Å². The van der Waals surface area contributed by atoms with Crippen LogP contribution in [0.1, 0.15) is 34.0 Å². The number of rotatable bonds is 5. The second kappa shape index (κ2) is 7.39. The molecule has 0 spiro atoms. The van der Waals surface area contributed by atoms with E-state index in [1.54, 1.807) is 14.2 Å². The van der Waals surface area contributed by atoms with Gasteiger partial charge in [0, 0.05) is 17.2 Å². The summed E-state index contributed by atoms with van der Waals surface area (Å²) in [5, 5.41) is 0. The zero-order valence-electron chi connectivity index (χ0n) is 15.1. The van der Waals surface area contributed by atoms with Crippen molar-refractivity contribution in [2.24, 2.45) is 0 Å². The monoisotopic (exact) mass is 328 g/mol. The predicted molar refractivity (Wildman–Crippen MR) is 95.2 cm³/mol. The number of carbonyl (C=O) groups is 1. The van der Waals surface area contributed by atoms with E-state index in [0.29, 0.717) is 17.1 Å². The summed E-state index contributed by atoms with van der Waals surface area (Å²) in [4.78, 5) is 12.4. The average Bonchev–Trinajstić information content (AvgIpc) is 2.60. The maximum absolute atomic E-state index is 12.4.